The number of aryl methyl sites for hydroxylation is 2. The minimum absolute atomic E-state index is 0.0713. The van der Waals surface area contributed by atoms with Gasteiger partial charge < -0.3 is 14.6 Å². The van der Waals surface area contributed by atoms with Crippen molar-refractivity contribution in [3.63, 3.8) is 0 Å². The number of benzene rings is 3. The summed E-state index contributed by atoms with van der Waals surface area (Å²) in [6, 6.07) is 21.2. The summed E-state index contributed by atoms with van der Waals surface area (Å²) in [6.07, 6.45) is 4.72. The van der Waals surface area contributed by atoms with Crippen molar-refractivity contribution in [3.05, 3.63) is 92.5 Å². The van der Waals surface area contributed by atoms with Crippen LogP contribution in [0.4, 0.5) is 0 Å². The third-order valence-corrected chi connectivity index (χ3v) is 6.71. The normalized spacial score (nSPS) is 10.9. The van der Waals surface area contributed by atoms with Gasteiger partial charge in [-0.3, -0.25) is 9.78 Å². The van der Waals surface area contributed by atoms with E-state index in [2.05, 4.69) is 18.0 Å². The first-order chi connectivity index (χ1) is 17.0. The number of ether oxygens (including phenoxy) is 2. The number of hydrogen-bond acceptors (Lipinski definition) is 5. The summed E-state index contributed by atoms with van der Waals surface area (Å²) < 4.78 is 12.1. The van der Waals surface area contributed by atoms with Crippen molar-refractivity contribution in [2.75, 3.05) is 6.61 Å². The van der Waals surface area contributed by atoms with E-state index in [-0.39, 0.29) is 10.8 Å². The van der Waals surface area contributed by atoms with Gasteiger partial charge in [-0.2, -0.15) is 0 Å². The summed E-state index contributed by atoms with van der Waals surface area (Å²) in [5.74, 6) is 2.35. The maximum Gasteiger partial charge on any atom is 0.307 e. The molecule has 35 heavy (non-hydrogen) atoms. The van der Waals surface area contributed by atoms with Crippen LogP contribution in [-0.4, -0.2) is 16.7 Å². The molecule has 7 heteroatoms. The predicted octanol–water partition coefficient (Wildman–Crippen LogP) is 7.61. The Morgan fingerprint density at radius 1 is 0.971 bits per heavy atom. The summed E-state index contributed by atoms with van der Waals surface area (Å²) in [7, 11) is 0. The van der Waals surface area contributed by atoms with Crippen molar-refractivity contribution in [3.8, 4) is 33.6 Å². The fraction of sp³-hybridized carbons (Fsp3) is 0.250. The maximum atomic E-state index is 11.5. The smallest absolute Gasteiger partial charge is 0.307 e. The molecule has 0 aliphatic rings. The molecule has 4 rings (SSSR count). The Kier molecular flexibility index (Phi) is 8.50. The van der Waals surface area contributed by atoms with Crippen LogP contribution in [0.2, 0.25) is 5.02 Å². The molecule has 4 aromatic rings. The Morgan fingerprint density at radius 2 is 1.77 bits per heavy atom. The molecule has 0 spiro atoms. The molecule has 0 amide bonds. The van der Waals surface area contributed by atoms with Gasteiger partial charge in [-0.1, -0.05) is 60.5 Å². The number of aromatic amines is 1. The highest BCUT2D eigenvalue weighted by Crippen LogP contribution is 2.31. The standard InChI is InChI=1S/C28H28ClNO4S/c1-2-6-20-18-24(34-23-12-10-22(29)11-13-23)14-15-25(20)33-16-4-3-7-19-8-5-9-21(17-19)26-27(31)30-28(32)35-26/h5,8-15,17-18,31H,2-4,6-7,16H2,1H3,(H,30,32). The van der Waals surface area contributed by atoms with Crippen molar-refractivity contribution >= 4 is 22.9 Å². The van der Waals surface area contributed by atoms with Crippen LogP contribution in [0.1, 0.15) is 37.3 Å². The Balaban J connectivity index is 1.30. The molecule has 0 atom stereocenters. The molecule has 2 N–H and O–H groups in total. The lowest BCUT2D eigenvalue weighted by Gasteiger charge is -2.14. The summed E-state index contributed by atoms with van der Waals surface area (Å²) in [5, 5.41) is 10.6. The number of hydrogen-bond donors (Lipinski definition) is 2. The fourth-order valence-corrected chi connectivity index (χ4v) is 4.71. The van der Waals surface area contributed by atoms with Crippen LogP contribution < -0.4 is 14.3 Å². The molecule has 0 fully saturated rings. The lowest BCUT2D eigenvalue weighted by molar-refractivity contribution is 0.303. The first-order valence-corrected chi connectivity index (χ1v) is 12.9. The molecule has 0 saturated heterocycles. The van der Waals surface area contributed by atoms with Gasteiger partial charge in [0.15, 0.2) is 0 Å². The average Bonchev–Trinajstić information content (AvgIpc) is 3.20. The van der Waals surface area contributed by atoms with E-state index >= 15 is 0 Å². The number of nitrogens with one attached hydrogen (secondary N) is 1. The highest BCUT2D eigenvalue weighted by molar-refractivity contribution is 7.13. The monoisotopic (exact) mass is 509 g/mol. The van der Waals surface area contributed by atoms with E-state index in [1.165, 1.54) is 0 Å². The van der Waals surface area contributed by atoms with E-state index in [0.29, 0.717) is 16.5 Å². The SMILES string of the molecule is CCCc1cc(Oc2ccc(Cl)cc2)ccc1OCCCCc1cccc(-c2sc(=O)[nH]c2O)c1. The van der Waals surface area contributed by atoms with Crippen LogP contribution in [0.5, 0.6) is 23.1 Å². The molecule has 182 valence electrons. The van der Waals surface area contributed by atoms with E-state index in [9.17, 15) is 9.90 Å². The number of H-pyrrole nitrogens is 1. The molecular weight excluding hydrogens is 482 g/mol. The molecule has 0 aliphatic carbocycles. The zero-order chi connectivity index (χ0) is 24.6. The Bertz CT molecular complexity index is 1310. The molecular formula is C28H28ClNO4S. The van der Waals surface area contributed by atoms with Crippen molar-refractivity contribution in [2.24, 2.45) is 0 Å². The van der Waals surface area contributed by atoms with Gasteiger partial charge in [-0.15, -0.1) is 0 Å². The molecule has 0 unspecified atom stereocenters. The van der Waals surface area contributed by atoms with Gasteiger partial charge in [0.2, 0.25) is 5.88 Å². The lowest BCUT2D eigenvalue weighted by Crippen LogP contribution is -2.01. The third-order valence-electron chi connectivity index (χ3n) is 5.54. The van der Waals surface area contributed by atoms with E-state index in [1.54, 1.807) is 0 Å². The van der Waals surface area contributed by atoms with Crippen LogP contribution in [-0.2, 0) is 12.8 Å². The van der Waals surface area contributed by atoms with Crippen molar-refractivity contribution in [1.29, 1.82) is 0 Å². The number of rotatable bonds is 11. The fourth-order valence-electron chi connectivity index (χ4n) is 3.86. The summed E-state index contributed by atoms with van der Waals surface area (Å²) in [6.45, 7) is 2.78. The minimum Gasteiger partial charge on any atom is -0.493 e. The van der Waals surface area contributed by atoms with Gasteiger partial charge in [-0.05, 0) is 84.8 Å². The molecule has 0 radical (unpaired) electrons. The van der Waals surface area contributed by atoms with Gasteiger partial charge in [0.1, 0.15) is 17.2 Å². The second-order valence-electron chi connectivity index (χ2n) is 8.27. The van der Waals surface area contributed by atoms with Crippen LogP contribution in [0.25, 0.3) is 10.4 Å². The Hall–Kier alpha value is -3.22. The van der Waals surface area contributed by atoms with Crippen molar-refractivity contribution in [1.82, 2.24) is 4.98 Å². The van der Waals surface area contributed by atoms with Gasteiger partial charge in [-0.25, -0.2) is 0 Å². The Morgan fingerprint density at radius 3 is 2.51 bits per heavy atom. The molecule has 1 aromatic heterocycles. The van der Waals surface area contributed by atoms with Crippen LogP contribution in [0.3, 0.4) is 0 Å². The van der Waals surface area contributed by atoms with Crippen molar-refractivity contribution < 1.29 is 14.6 Å². The largest absolute Gasteiger partial charge is 0.493 e. The van der Waals surface area contributed by atoms with E-state index in [4.69, 9.17) is 21.1 Å². The van der Waals surface area contributed by atoms with E-state index in [0.717, 1.165) is 77.4 Å². The first-order valence-electron chi connectivity index (χ1n) is 11.7. The van der Waals surface area contributed by atoms with Gasteiger partial charge in [0.05, 0.1) is 11.5 Å². The second kappa shape index (κ2) is 12.0. The zero-order valence-corrected chi connectivity index (χ0v) is 21.1. The maximum absolute atomic E-state index is 11.5. The number of aromatic hydroxyl groups is 1. The van der Waals surface area contributed by atoms with Gasteiger partial charge in [0.25, 0.3) is 0 Å². The third kappa shape index (κ3) is 6.90. The van der Waals surface area contributed by atoms with Crippen LogP contribution in [0.15, 0.2) is 71.5 Å². The first kappa shape index (κ1) is 24.9. The summed E-state index contributed by atoms with van der Waals surface area (Å²) in [5.41, 5.74) is 3.15. The number of aromatic nitrogens is 1. The molecule has 3 aromatic carbocycles. The highest BCUT2D eigenvalue weighted by atomic mass is 35.5. The molecule has 0 bridgehead atoms. The quantitative estimate of drug-likeness (QED) is 0.204. The zero-order valence-electron chi connectivity index (χ0n) is 19.6. The second-order valence-corrected chi connectivity index (χ2v) is 9.69. The van der Waals surface area contributed by atoms with Crippen molar-refractivity contribution in [2.45, 2.75) is 39.0 Å². The van der Waals surface area contributed by atoms with Crippen LogP contribution >= 0.6 is 22.9 Å². The lowest BCUT2D eigenvalue weighted by atomic mass is 10.0. The minimum atomic E-state index is -0.257. The van der Waals surface area contributed by atoms with Crippen LogP contribution in [0, 0.1) is 0 Å². The van der Waals surface area contributed by atoms with Gasteiger partial charge in [0, 0.05) is 5.02 Å². The number of thiazole rings is 1. The van der Waals surface area contributed by atoms with Gasteiger partial charge >= 0.3 is 4.87 Å². The summed E-state index contributed by atoms with van der Waals surface area (Å²) in [4.78, 5) is 14.2. The van der Waals surface area contributed by atoms with E-state index in [1.807, 2.05) is 60.7 Å². The molecule has 0 aliphatic heterocycles. The predicted molar refractivity (Wildman–Crippen MR) is 142 cm³/mol. The number of unbranched alkanes of at least 4 members (excludes halogenated alkanes) is 1. The topological polar surface area (TPSA) is 71.5 Å². The molecule has 0 saturated carbocycles. The Labute approximate surface area is 214 Å². The highest BCUT2D eigenvalue weighted by Gasteiger charge is 2.10. The molecule has 1 heterocycles. The summed E-state index contributed by atoms with van der Waals surface area (Å²) >= 11 is 6.97. The molecule has 5 nitrogen and oxygen atoms in total. The number of halogens is 1. The van der Waals surface area contributed by atoms with E-state index < -0.39 is 0 Å². The average molecular weight is 510 g/mol.